The number of nitrogens with zero attached hydrogens (tertiary/aromatic N) is 2. The Labute approximate surface area is 165 Å². The molecule has 7 heteroatoms. The summed E-state index contributed by atoms with van der Waals surface area (Å²) in [6.45, 7) is 2.13. The highest BCUT2D eigenvalue weighted by Crippen LogP contribution is 2.31. The summed E-state index contributed by atoms with van der Waals surface area (Å²) in [5, 5.41) is 6.98. The Morgan fingerprint density at radius 1 is 1.15 bits per heavy atom. The Morgan fingerprint density at radius 3 is 2.59 bits per heavy atom. The zero-order chi connectivity index (χ0) is 19.4. The van der Waals surface area contributed by atoms with Crippen molar-refractivity contribution >= 4 is 29.8 Å². The summed E-state index contributed by atoms with van der Waals surface area (Å²) >= 11 is 1.72. The zero-order valence-corrected chi connectivity index (χ0v) is 16.9. The van der Waals surface area contributed by atoms with Gasteiger partial charge in [-0.25, -0.2) is 4.79 Å². The van der Waals surface area contributed by atoms with Gasteiger partial charge in [-0.1, -0.05) is 55.8 Å². The number of amides is 3. The fourth-order valence-corrected chi connectivity index (χ4v) is 4.78. The van der Waals surface area contributed by atoms with Gasteiger partial charge in [-0.2, -0.15) is 0 Å². The van der Waals surface area contributed by atoms with Gasteiger partial charge in [0.05, 0.1) is 23.6 Å². The number of urea groups is 1. The maximum absolute atomic E-state index is 12.8. The van der Waals surface area contributed by atoms with Gasteiger partial charge in [-0.15, -0.1) is 11.8 Å². The first kappa shape index (κ1) is 19.9. The zero-order valence-electron chi connectivity index (χ0n) is 16.1. The lowest BCUT2D eigenvalue weighted by Crippen LogP contribution is -2.74. The highest BCUT2D eigenvalue weighted by atomic mass is 32.2. The lowest BCUT2D eigenvalue weighted by molar-refractivity contribution is -0.140. The molecule has 6 nitrogen and oxygen atoms in total. The van der Waals surface area contributed by atoms with E-state index < -0.39 is 0 Å². The molecule has 3 rings (SSSR count). The van der Waals surface area contributed by atoms with Crippen LogP contribution in [0.5, 0.6) is 0 Å². The number of rotatable bonds is 6. The van der Waals surface area contributed by atoms with Gasteiger partial charge in [0.1, 0.15) is 0 Å². The van der Waals surface area contributed by atoms with Crippen LogP contribution in [0.15, 0.2) is 36.4 Å². The van der Waals surface area contributed by atoms with E-state index in [-0.39, 0.29) is 35.6 Å². The van der Waals surface area contributed by atoms with E-state index in [1.54, 1.807) is 30.8 Å². The molecular formula is C20H28N4O2S. The highest BCUT2D eigenvalue weighted by molar-refractivity contribution is 8.00. The lowest BCUT2D eigenvalue weighted by Gasteiger charge is -2.50. The third kappa shape index (κ3) is 4.36. The lowest BCUT2D eigenvalue weighted by atomic mass is 9.96. The SMILES string of the molecule is CCCC1NC(SC/C=C/c2ccccc2)C2C(=O)N(C)C(=O)N(C)C2N1. The molecule has 2 N–H and O–H groups in total. The Bertz CT molecular complexity index is 696. The summed E-state index contributed by atoms with van der Waals surface area (Å²) in [7, 11) is 3.33. The van der Waals surface area contributed by atoms with Crippen molar-refractivity contribution in [3.63, 3.8) is 0 Å². The molecule has 146 valence electrons. The van der Waals surface area contributed by atoms with Gasteiger partial charge in [0, 0.05) is 19.8 Å². The van der Waals surface area contributed by atoms with E-state index in [1.165, 1.54) is 4.90 Å². The molecule has 2 fully saturated rings. The van der Waals surface area contributed by atoms with Crippen LogP contribution in [0, 0.1) is 5.92 Å². The van der Waals surface area contributed by atoms with Gasteiger partial charge < -0.3 is 4.90 Å². The molecule has 27 heavy (non-hydrogen) atoms. The molecule has 0 aromatic heterocycles. The summed E-state index contributed by atoms with van der Waals surface area (Å²) in [5.41, 5.74) is 1.16. The molecule has 2 saturated heterocycles. The maximum atomic E-state index is 12.8. The summed E-state index contributed by atoms with van der Waals surface area (Å²) < 4.78 is 0. The smallest absolute Gasteiger partial charge is 0.311 e. The fraction of sp³-hybridized carbons (Fsp3) is 0.500. The fourth-order valence-electron chi connectivity index (χ4n) is 3.63. The molecule has 1 aromatic rings. The van der Waals surface area contributed by atoms with Crippen LogP contribution in [0.25, 0.3) is 6.08 Å². The predicted molar refractivity (Wildman–Crippen MR) is 110 cm³/mol. The predicted octanol–water partition coefficient (Wildman–Crippen LogP) is 2.54. The summed E-state index contributed by atoms with van der Waals surface area (Å²) in [6.07, 6.45) is 6.03. The molecule has 0 bridgehead atoms. The van der Waals surface area contributed by atoms with Crippen molar-refractivity contribution < 1.29 is 9.59 Å². The Morgan fingerprint density at radius 2 is 1.89 bits per heavy atom. The first-order valence-corrected chi connectivity index (χ1v) is 10.5. The van der Waals surface area contributed by atoms with E-state index in [4.69, 9.17) is 0 Å². The number of imide groups is 1. The molecule has 3 amide bonds. The van der Waals surface area contributed by atoms with Crippen molar-refractivity contribution in [2.75, 3.05) is 19.8 Å². The van der Waals surface area contributed by atoms with E-state index in [1.807, 2.05) is 18.2 Å². The van der Waals surface area contributed by atoms with E-state index in [0.29, 0.717) is 0 Å². The molecule has 2 aliphatic rings. The van der Waals surface area contributed by atoms with Crippen LogP contribution in [0.4, 0.5) is 4.79 Å². The number of hydrogen-bond donors (Lipinski definition) is 2. The number of thioether (sulfide) groups is 1. The molecule has 0 aliphatic carbocycles. The first-order valence-electron chi connectivity index (χ1n) is 9.42. The second kappa shape index (κ2) is 8.91. The summed E-state index contributed by atoms with van der Waals surface area (Å²) in [5.74, 6) is 0.368. The van der Waals surface area contributed by atoms with Crippen LogP contribution in [0.1, 0.15) is 25.3 Å². The van der Waals surface area contributed by atoms with E-state index in [0.717, 1.165) is 24.2 Å². The Hall–Kier alpha value is -1.83. The van der Waals surface area contributed by atoms with Crippen LogP contribution < -0.4 is 10.6 Å². The van der Waals surface area contributed by atoms with E-state index in [2.05, 4.69) is 41.8 Å². The average Bonchev–Trinajstić information content (AvgIpc) is 2.68. The molecule has 0 radical (unpaired) electrons. The second-order valence-electron chi connectivity index (χ2n) is 7.00. The topological polar surface area (TPSA) is 64.7 Å². The van der Waals surface area contributed by atoms with Crippen molar-refractivity contribution in [1.29, 1.82) is 0 Å². The third-order valence-corrected chi connectivity index (χ3v) is 6.26. The number of hydrogen-bond acceptors (Lipinski definition) is 5. The Kier molecular flexibility index (Phi) is 6.57. The minimum atomic E-state index is -0.305. The van der Waals surface area contributed by atoms with Crippen molar-refractivity contribution in [3.05, 3.63) is 42.0 Å². The number of carbonyl (C=O) groups is 2. The molecule has 2 heterocycles. The van der Waals surface area contributed by atoms with Crippen molar-refractivity contribution in [1.82, 2.24) is 20.4 Å². The van der Waals surface area contributed by atoms with Gasteiger partial charge in [0.2, 0.25) is 5.91 Å². The molecule has 4 unspecified atom stereocenters. The minimum absolute atomic E-state index is 0.0428. The molecule has 4 atom stereocenters. The molecule has 1 aromatic carbocycles. The van der Waals surface area contributed by atoms with Crippen molar-refractivity contribution in [3.8, 4) is 0 Å². The van der Waals surface area contributed by atoms with Crippen molar-refractivity contribution in [2.45, 2.75) is 37.5 Å². The largest absolute Gasteiger partial charge is 0.327 e. The molecule has 0 saturated carbocycles. The third-order valence-electron chi connectivity index (χ3n) is 5.08. The molecular weight excluding hydrogens is 360 g/mol. The highest BCUT2D eigenvalue weighted by Gasteiger charge is 2.50. The number of carbonyl (C=O) groups excluding carboxylic acids is 2. The first-order chi connectivity index (χ1) is 13.0. The summed E-state index contributed by atoms with van der Waals surface area (Å²) in [4.78, 5) is 28.0. The maximum Gasteiger partial charge on any atom is 0.327 e. The minimum Gasteiger partial charge on any atom is -0.311 e. The van der Waals surface area contributed by atoms with Crippen molar-refractivity contribution in [2.24, 2.45) is 5.92 Å². The number of nitrogens with one attached hydrogen (secondary N) is 2. The number of benzene rings is 1. The molecule has 0 spiro atoms. The standard InChI is InChI=1S/C20H28N4O2S/c1-4-9-15-21-17-16(19(25)24(3)20(26)23(17)2)18(22-15)27-13-8-12-14-10-6-5-7-11-14/h5-8,10-12,15-18,21-22H,4,9,13H2,1-3H3/b12-8+. The van der Waals surface area contributed by atoms with E-state index >= 15 is 0 Å². The normalized spacial score (nSPS) is 28.7. The Balaban J connectivity index is 1.71. The van der Waals surface area contributed by atoms with Crippen LogP contribution >= 0.6 is 11.8 Å². The second-order valence-corrected chi connectivity index (χ2v) is 8.18. The van der Waals surface area contributed by atoms with E-state index in [9.17, 15) is 9.59 Å². The van der Waals surface area contributed by atoms with Crippen LogP contribution in [0.3, 0.4) is 0 Å². The average molecular weight is 389 g/mol. The van der Waals surface area contributed by atoms with Gasteiger partial charge >= 0.3 is 6.03 Å². The van der Waals surface area contributed by atoms with Crippen LogP contribution in [-0.2, 0) is 4.79 Å². The number of fused-ring (bicyclic) bond motifs is 1. The van der Waals surface area contributed by atoms with Crippen LogP contribution in [-0.4, -0.2) is 59.3 Å². The quantitative estimate of drug-likeness (QED) is 0.784. The van der Waals surface area contributed by atoms with Gasteiger partial charge in [-0.3, -0.25) is 20.3 Å². The monoisotopic (exact) mass is 388 g/mol. The van der Waals surface area contributed by atoms with Gasteiger partial charge in [-0.05, 0) is 12.0 Å². The molecule has 2 aliphatic heterocycles. The van der Waals surface area contributed by atoms with Crippen LogP contribution in [0.2, 0.25) is 0 Å². The summed E-state index contributed by atoms with van der Waals surface area (Å²) in [6, 6.07) is 9.92. The van der Waals surface area contributed by atoms with Gasteiger partial charge in [0.25, 0.3) is 0 Å². The van der Waals surface area contributed by atoms with Gasteiger partial charge in [0.15, 0.2) is 0 Å².